The van der Waals surface area contributed by atoms with Crippen molar-refractivity contribution in [3.63, 3.8) is 0 Å². The molecular weight excluding hydrogens is 186 g/mol. The van der Waals surface area contributed by atoms with Gasteiger partial charge in [0.05, 0.1) is 0 Å². The number of rotatable bonds is 7. The van der Waals surface area contributed by atoms with Crippen molar-refractivity contribution in [1.29, 1.82) is 0 Å². The fourth-order valence-electron chi connectivity index (χ4n) is 0.912. The molecule has 0 spiro atoms. The highest BCUT2D eigenvalue weighted by Gasteiger charge is 2.13. The van der Waals surface area contributed by atoms with Gasteiger partial charge in [-0.05, 0) is 30.9 Å². The minimum atomic E-state index is -0.757. The molecule has 0 aromatic heterocycles. The van der Waals surface area contributed by atoms with Gasteiger partial charge in [0.1, 0.15) is 6.04 Å². The van der Waals surface area contributed by atoms with E-state index in [1.165, 1.54) is 0 Å². The molecule has 13 heavy (non-hydrogen) atoms. The van der Waals surface area contributed by atoms with Crippen LogP contribution in [-0.2, 0) is 4.79 Å². The molecule has 0 amide bonds. The van der Waals surface area contributed by atoms with E-state index in [0.29, 0.717) is 12.3 Å². The van der Waals surface area contributed by atoms with Gasteiger partial charge in [-0.1, -0.05) is 13.8 Å². The fourth-order valence-corrected chi connectivity index (χ4v) is 1.95. The summed E-state index contributed by atoms with van der Waals surface area (Å²) in [5.74, 6) is 1.95. The Morgan fingerprint density at radius 2 is 2.15 bits per heavy atom. The van der Waals surface area contributed by atoms with Crippen LogP contribution in [0.2, 0.25) is 0 Å². The highest BCUT2D eigenvalue weighted by atomic mass is 32.2. The predicted molar refractivity (Wildman–Crippen MR) is 57.3 cm³/mol. The van der Waals surface area contributed by atoms with Gasteiger partial charge in [-0.3, -0.25) is 4.79 Å². The van der Waals surface area contributed by atoms with E-state index in [1.807, 2.05) is 11.8 Å². The standard InChI is InChI=1S/C9H19NO2S/c1-7(2)6-13-5-4-8(10-3)9(11)12/h7-8,10H,4-6H2,1-3H3,(H,11,12). The zero-order chi connectivity index (χ0) is 10.3. The summed E-state index contributed by atoms with van der Waals surface area (Å²) in [5.41, 5.74) is 0. The van der Waals surface area contributed by atoms with E-state index in [0.717, 1.165) is 11.5 Å². The molecule has 0 rings (SSSR count). The Kier molecular flexibility index (Phi) is 7.09. The van der Waals surface area contributed by atoms with Gasteiger partial charge in [0.15, 0.2) is 0 Å². The van der Waals surface area contributed by atoms with Gasteiger partial charge < -0.3 is 10.4 Å². The molecule has 0 fully saturated rings. The molecule has 4 heteroatoms. The van der Waals surface area contributed by atoms with Crippen molar-refractivity contribution in [1.82, 2.24) is 5.32 Å². The molecule has 0 aromatic rings. The molecular formula is C9H19NO2S. The first kappa shape index (κ1) is 12.8. The van der Waals surface area contributed by atoms with Crippen LogP contribution < -0.4 is 5.32 Å². The van der Waals surface area contributed by atoms with E-state index in [-0.39, 0.29) is 6.04 Å². The minimum absolute atomic E-state index is 0.389. The molecule has 1 atom stereocenters. The van der Waals surface area contributed by atoms with Crippen LogP contribution in [0, 0.1) is 5.92 Å². The third-order valence-corrected chi connectivity index (χ3v) is 3.08. The highest BCUT2D eigenvalue weighted by molar-refractivity contribution is 7.99. The first-order chi connectivity index (χ1) is 6.07. The summed E-state index contributed by atoms with van der Waals surface area (Å²) in [7, 11) is 1.69. The number of hydrogen-bond donors (Lipinski definition) is 2. The molecule has 1 unspecified atom stereocenters. The van der Waals surface area contributed by atoms with Crippen LogP contribution in [0.5, 0.6) is 0 Å². The van der Waals surface area contributed by atoms with Crippen LogP contribution in [0.3, 0.4) is 0 Å². The van der Waals surface area contributed by atoms with Crippen molar-refractivity contribution < 1.29 is 9.90 Å². The summed E-state index contributed by atoms with van der Waals surface area (Å²) in [6.45, 7) is 4.33. The number of aliphatic carboxylic acids is 1. The topological polar surface area (TPSA) is 49.3 Å². The monoisotopic (exact) mass is 205 g/mol. The van der Waals surface area contributed by atoms with Crippen LogP contribution in [0.15, 0.2) is 0 Å². The van der Waals surface area contributed by atoms with Gasteiger partial charge in [0, 0.05) is 0 Å². The van der Waals surface area contributed by atoms with Gasteiger partial charge in [0.2, 0.25) is 0 Å². The Morgan fingerprint density at radius 1 is 1.54 bits per heavy atom. The summed E-state index contributed by atoms with van der Waals surface area (Å²) >= 11 is 1.82. The van der Waals surface area contributed by atoms with Gasteiger partial charge in [-0.25, -0.2) is 0 Å². The molecule has 0 aromatic carbocycles. The minimum Gasteiger partial charge on any atom is -0.480 e. The highest BCUT2D eigenvalue weighted by Crippen LogP contribution is 2.09. The molecule has 3 nitrogen and oxygen atoms in total. The first-order valence-corrected chi connectivity index (χ1v) is 5.71. The average Bonchev–Trinajstić information content (AvgIpc) is 2.03. The number of carbonyl (C=O) groups is 1. The first-order valence-electron chi connectivity index (χ1n) is 4.55. The maximum atomic E-state index is 10.6. The van der Waals surface area contributed by atoms with Crippen LogP contribution in [0.1, 0.15) is 20.3 Å². The van der Waals surface area contributed by atoms with Gasteiger partial charge in [0.25, 0.3) is 0 Å². The van der Waals surface area contributed by atoms with Crippen LogP contribution in [0.4, 0.5) is 0 Å². The summed E-state index contributed by atoms with van der Waals surface area (Å²) in [4.78, 5) is 10.6. The van der Waals surface area contributed by atoms with Gasteiger partial charge in [-0.15, -0.1) is 0 Å². The van der Waals surface area contributed by atoms with Crippen molar-refractivity contribution in [3.05, 3.63) is 0 Å². The number of nitrogens with one attached hydrogen (secondary N) is 1. The zero-order valence-electron chi connectivity index (χ0n) is 8.54. The molecule has 0 saturated carbocycles. The van der Waals surface area contributed by atoms with E-state index in [2.05, 4.69) is 19.2 Å². The lowest BCUT2D eigenvalue weighted by atomic mass is 10.2. The van der Waals surface area contributed by atoms with E-state index in [1.54, 1.807) is 7.05 Å². The summed E-state index contributed by atoms with van der Waals surface area (Å²) in [6.07, 6.45) is 0.698. The lowest BCUT2D eigenvalue weighted by molar-refractivity contribution is -0.139. The van der Waals surface area contributed by atoms with E-state index < -0.39 is 5.97 Å². The molecule has 0 aliphatic heterocycles. The van der Waals surface area contributed by atoms with Crippen LogP contribution in [0.25, 0.3) is 0 Å². The summed E-state index contributed by atoms with van der Waals surface area (Å²) in [6, 6.07) is -0.389. The summed E-state index contributed by atoms with van der Waals surface area (Å²) < 4.78 is 0. The molecule has 0 aliphatic rings. The zero-order valence-corrected chi connectivity index (χ0v) is 9.36. The van der Waals surface area contributed by atoms with Crippen molar-refractivity contribution in [3.8, 4) is 0 Å². The third kappa shape index (κ3) is 6.90. The Morgan fingerprint density at radius 3 is 2.54 bits per heavy atom. The Balaban J connectivity index is 3.44. The maximum absolute atomic E-state index is 10.6. The number of likely N-dealkylation sites (N-methyl/N-ethyl adjacent to an activating group) is 1. The van der Waals surface area contributed by atoms with Crippen LogP contribution in [-0.4, -0.2) is 35.7 Å². The molecule has 0 bridgehead atoms. The lowest BCUT2D eigenvalue weighted by Gasteiger charge is -2.10. The number of carboxylic acid groups (broad SMARTS) is 1. The maximum Gasteiger partial charge on any atom is 0.320 e. The third-order valence-electron chi connectivity index (χ3n) is 1.65. The number of carboxylic acids is 1. The second-order valence-electron chi connectivity index (χ2n) is 3.44. The Labute approximate surface area is 84.3 Å². The Hall–Kier alpha value is -0.220. The van der Waals surface area contributed by atoms with Crippen molar-refractivity contribution in [2.45, 2.75) is 26.3 Å². The van der Waals surface area contributed by atoms with Gasteiger partial charge >= 0.3 is 5.97 Å². The quantitative estimate of drug-likeness (QED) is 0.617. The predicted octanol–water partition coefficient (Wildman–Crippen LogP) is 1.44. The van der Waals surface area contributed by atoms with E-state index in [9.17, 15) is 4.79 Å². The number of hydrogen-bond acceptors (Lipinski definition) is 3. The van der Waals surface area contributed by atoms with Gasteiger partial charge in [-0.2, -0.15) is 11.8 Å². The molecule has 0 heterocycles. The average molecular weight is 205 g/mol. The van der Waals surface area contributed by atoms with E-state index >= 15 is 0 Å². The molecule has 0 saturated heterocycles. The van der Waals surface area contributed by atoms with Crippen molar-refractivity contribution >= 4 is 17.7 Å². The largest absolute Gasteiger partial charge is 0.480 e. The summed E-state index contributed by atoms with van der Waals surface area (Å²) in [5, 5.41) is 11.5. The normalized spacial score (nSPS) is 13.2. The molecule has 2 N–H and O–H groups in total. The smallest absolute Gasteiger partial charge is 0.320 e. The van der Waals surface area contributed by atoms with Crippen molar-refractivity contribution in [2.75, 3.05) is 18.6 Å². The lowest BCUT2D eigenvalue weighted by Crippen LogP contribution is -2.34. The molecule has 0 radical (unpaired) electrons. The Bertz CT molecular complexity index is 151. The number of thioether (sulfide) groups is 1. The molecule has 78 valence electrons. The SMILES string of the molecule is CNC(CCSCC(C)C)C(=O)O. The van der Waals surface area contributed by atoms with E-state index in [4.69, 9.17) is 5.11 Å². The van der Waals surface area contributed by atoms with Crippen LogP contribution >= 0.6 is 11.8 Å². The fraction of sp³-hybridized carbons (Fsp3) is 0.889. The molecule has 0 aliphatic carbocycles. The van der Waals surface area contributed by atoms with Crippen molar-refractivity contribution in [2.24, 2.45) is 5.92 Å². The second kappa shape index (κ2) is 7.21. The second-order valence-corrected chi connectivity index (χ2v) is 4.59.